The number of piperidine rings is 1. The molecule has 1 atom stereocenters. The third kappa shape index (κ3) is 5.78. The maximum atomic E-state index is 12.6. The van der Waals surface area contributed by atoms with Crippen LogP contribution in [0.25, 0.3) is 10.2 Å². The summed E-state index contributed by atoms with van der Waals surface area (Å²) in [6, 6.07) is 8.01. The van der Waals surface area contributed by atoms with E-state index in [1.807, 2.05) is 24.3 Å². The van der Waals surface area contributed by atoms with Crippen molar-refractivity contribution in [3.63, 3.8) is 0 Å². The number of fused-ring (bicyclic) bond motifs is 1. The highest BCUT2D eigenvalue weighted by molar-refractivity contribution is 7.18. The van der Waals surface area contributed by atoms with Crippen LogP contribution in [0.5, 0.6) is 0 Å². The van der Waals surface area contributed by atoms with Crippen molar-refractivity contribution < 1.29 is 19.1 Å². The third-order valence-corrected chi connectivity index (χ3v) is 6.41. The highest BCUT2D eigenvalue weighted by Gasteiger charge is 2.30. The minimum Gasteiger partial charge on any atom is -0.466 e. The van der Waals surface area contributed by atoms with E-state index in [2.05, 4.69) is 4.98 Å². The van der Waals surface area contributed by atoms with Crippen LogP contribution in [0.4, 0.5) is 0 Å². The van der Waals surface area contributed by atoms with Crippen LogP contribution in [-0.4, -0.2) is 65.9 Å². The zero-order valence-electron chi connectivity index (χ0n) is 17.6. The molecule has 1 aliphatic rings. The van der Waals surface area contributed by atoms with Gasteiger partial charge in [0, 0.05) is 26.6 Å². The number of esters is 1. The smallest absolute Gasteiger partial charge is 0.310 e. The maximum absolute atomic E-state index is 12.6. The zero-order valence-corrected chi connectivity index (χ0v) is 18.5. The van der Waals surface area contributed by atoms with Gasteiger partial charge in [0.2, 0.25) is 11.8 Å². The van der Waals surface area contributed by atoms with Crippen molar-refractivity contribution in [3.8, 4) is 0 Å². The van der Waals surface area contributed by atoms with Gasteiger partial charge in [-0.25, -0.2) is 4.98 Å². The normalized spacial score (nSPS) is 16.5. The van der Waals surface area contributed by atoms with E-state index in [9.17, 15) is 14.4 Å². The van der Waals surface area contributed by atoms with Gasteiger partial charge in [0.25, 0.3) is 0 Å². The number of amides is 2. The van der Waals surface area contributed by atoms with Crippen LogP contribution in [-0.2, 0) is 25.5 Å². The Morgan fingerprint density at radius 2 is 2.10 bits per heavy atom. The molecule has 1 unspecified atom stereocenters. The number of nitrogens with zero attached hydrogens (tertiary/aromatic N) is 3. The molecule has 0 spiro atoms. The molecule has 1 aromatic heterocycles. The number of likely N-dealkylation sites (N-methyl/N-ethyl adjacent to an activating group) is 1. The van der Waals surface area contributed by atoms with Crippen molar-refractivity contribution in [2.24, 2.45) is 5.92 Å². The van der Waals surface area contributed by atoms with E-state index >= 15 is 0 Å². The van der Waals surface area contributed by atoms with Gasteiger partial charge in [-0.1, -0.05) is 12.1 Å². The minimum atomic E-state index is -0.266. The molecule has 3 rings (SSSR count). The summed E-state index contributed by atoms with van der Waals surface area (Å²) in [4.78, 5) is 44.8. The quantitative estimate of drug-likeness (QED) is 0.601. The number of carbonyl (C=O) groups is 3. The second-order valence-electron chi connectivity index (χ2n) is 7.61. The first-order valence-corrected chi connectivity index (χ1v) is 11.3. The molecule has 2 heterocycles. The number of hydrogen-bond acceptors (Lipinski definition) is 6. The molecule has 2 amide bonds. The number of para-hydroxylation sites is 1. The fourth-order valence-corrected chi connectivity index (χ4v) is 4.66. The van der Waals surface area contributed by atoms with Gasteiger partial charge in [0.05, 0.1) is 34.3 Å². The average Bonchev–Trinajstić information content (AvgIpc) is 3.16. The highest BCUT2D eigenvalue weighted by atomic mass is 32.1. The van der Waals surface area contributed by atoms with Gasteiger partial charge in [0.1, 0.15) is 0 Å². The molecule has 0 N–H and O–H groups in total. The predicted octanol–water partition coefficient (Wildman–Crippen LogP) is 2.88. The number of aryl methyl sites for hydroxylation is 1. The second-order valence-corrected chi connectivity index (χ2v) is 8.72. The molecule has 7 nitrogen and oxygen atoms in total. The van der Waals surface area contributed by atoms with E-state index in [0.29, 0.717) is 32.5 Å². The van der Waals surface area contributed by atoms with Crippen molar-refractivity contribution in [3.05, 3.63) is 29.3 Å². The van der Waals surface area contributed by atoms with Crippen LogP contribution in [0, 0.1) is 5.92 Å². The van der Waals surface area contributed by atoms with E-state index in [4.69, 9.17) is 4.74 Å². The highest BCUT2D eigenvalue weighted by Crippen LogP contribution is 2.23. The standard InChI is InChI=1S/C22H29N3O4S/c1-3-29-22(28)16-8-7-13-25(14-16)21(27)15-24(2)20(26)12-6-11-19-23-17-9-4-5-10-18(17)30-19/h4-5,9-10,16H,3,6-8,11-15H2,1-2H3. The van der Waals surface area contributed by atoms with Gasteiger partial charge in [-0.2, -0.15) is 0 Å². The first-order valence-electron chi connectivity index (χ1n) is 10.5. The van der Waals surface area contributed by atoms with Crippen molar-refractivity contribution in [2.75, 3.05) is 33.3 Å². The summed E-state index contributed by atoms with van der Waals surface area (Å²) in [5, 5.41) is 1.03. The lowest BCUT2D eigenvalue weighted by Crippen LogP contribution is -2.47. The van der Waals surface area contributed by atoms with Crippen molar-refractivity contribution in [1.29, 1.82) is 0 Å². The molecule has 0 bridgehead atoms. The average molecular weight is 432 g/mol. The summed E-state index contributed by atoms with van der Waals surface area (Å²) in [5.74, 6) is -0.679. The minimum absolute atomic E-state index is 0.0372. The molecule has 0 saturated carbocycles. The molecular weight excluding hydrogens is 402 g/mol. The molecule has 30 heavy (non-hydrogen) atoms. The van der Waals surface area contributed by atoms with Gasteiger partial charge < -0.3 is 14.5 Å². The predicted molar refractivity (Wildman–Crippen MR) is 116 cm³/mol. The van der Waals surface area contributed by atoms with Crippen LogP contribution >= 0.6 is 11.3 Å². The Morgan fingerprint density at radius 3 is 2.87 bits per heavy atom. The van der Waals surface area contributed by atoms with Crippen LogP contribution in [0.15, 0.2) is 24.3 Å². The first kappa shape index (κ1) is 22.2. The number of aromatic nitrogens is 1. The fourth-order valence-electron chi connectivity index (χ4n) is 3.66. The monoisotopic (exact) mass is 431 g/mol. The number of rotatable bonds is 8. The Hall–Kier alpha value is -2.48. The first-order chi connectivity index (χ1) is 14.5. The van der Waals surface area contributed by atoms with Gasteiger partial charge in [-0.15, -0.1) is 11.3 Å². The number of carbonyl (C=O) groups excluding carboxylic acids is 3. The lowest BCUT2D eigenvalue weighted by Gasteiger charge is -2.32. The Balaban J connectivity index is 1.43. The molecule has 1 fully saturated rings. The van der Waals surface area contributed by atoms with Crippen molar-refractivity contribution in [1.82, 2.24) is 14.8 Å². The summed E-state index contributed by atoms with van der Waals surface area (Å²) in [7, 11) is 1.66. The van der Waals surface area contributed by atoms with Crippen LogP contribution in [0.1, 0.15) is 37.6 Å². The Kier molecular flexibility index (Phi) is 7.79. The molecule has 162 valence electrons. The molecule has 0 aliphatic carbocycles. The molecular formula is C22H29N3O4S. The zero-order chi connectivity index (χ0) is 21.5. The molecule has 1 saturated heterocycles. The fraction of sp³-hybridized carbons (Fsp3) is 0.545. The lowest BCUT2D eigenvalue weighted by atomic mass is 9.98. The van der Waals surface area contributed by atoms with Gasteiger partial charge >= 0.3 is 5.97 Å². The van der Waals surface area contributed by atoms with Crippen LogP contribution in [0.2, 0.25) is 0 Å². The molecule has 8 heteroatoms. The van der Waals surface area contributed by atoms with E-state index in [1.165, 1.54) is 4.90 Å². The molecule has 1 aliphatic heterocycles. The number of benzene rings is 1. The van der Waals surface area contributed by atoms with Crippen molar-refractivity contribution >= 4 is 39.3 Å². The summed E-state index contributed by atoms with van der Waals surface area (Å²) >= 11 is 1.66. The summed E-state index contributed by atoms with van der Waals surface area (Å²) in [5.41, 5.74) is 0.995. The third-order valence-electron chi connectivity index (χ3n) is 5.31. The topological polar surface area (TPSA) is 79.8 Å². The van der Waals surface area contributed by atoms with E-state index in [-0.39, 0.29) is 30.2 Å². The molecule has 1 aromatic carbocycles. The number of thiazole rings is 1. The van der Waals surface area contributed by atoms with Crippen molar-refractivity contribution in [2.45, 2.75) is 39.0 Å². The van der Waals surface area contributed by atoms with E-state index < -0.39 is 0 Å². The Bertz CT molecular complexity index is 864. The largest absolute Gasteiger partial charge is 0.466 e. The SMILES string of the molecule is CCOC(=O)C1CCCN(C(=O)CN(C)C(=O)CCCc2nc3ccccc3s2)C1. The summed E-state index contributed by atoms with van der Waals surface area (Å²) in [6.45, 7) is 3.15. The summed E-state index contributed by atoms with van der Waals surface area (Å²) < 4.78 is 6.24. The van der Waals surface area contributed by atoms with Crippen LogP contribution in [0.3, 0.4) is 0 Å². The molecule has 0 radical (unpaired) electrons. The van der Waals surface area contributed by atoms with Gasteiger partial charge in [-0.05, 0) is 44.7 Å². The summed E-state index contributed by atoms with van der Waals surface area (Å²) in [6.07, 6.45) is 3.34. The Morgan fingerprint density at radius 1 is 1.30 bits per heavy atom. The van der Waals surface area contributed by atoms with E-state index in [0.717, 1.165) is 34.5 Å². The van der Waals surface area contributed by atoms with Crippen LogP contribution < -0.4 is 0 Å². The lowest BCUT2D eigenvalue weighted by molar-refractivity contribution is -0.152. The Labute approximate surface area is 181 Å². The van der Waals surface area contributed by atoms with Gasteiger partial charge in [-0.3, -0.25) is 14.4 Å². The second kappa shape index (κ2) is 10.5. The number of hydrogen-bond donors (Lipinski definition) is 0. The van der Waals surface area contributed by atoms with E-state index in [1.54, 1.807) is 30.2 Å². The number of ether oxygens (including phenoxy) is 1. The van der Waals surface area contributed by atoms with Gasteiger partial charge in [0.15, 0.2) is 0 Å². The molecule has 2 aromatic rings. The maximum Gasteiger partial charge on any atom is 0.310 e. The number of likely N-dealkylation sites (tertiary alicyclic amines) is 1.